The van der Waals surface area contributed by atoms with Crippen molar-refractivity contribution < 1.29 is 13.2 Å². The topological polar surface area (TPSA) is 126 Å². The summed E-state index contributed by atoms with van der Waals surface area (Å²) in [6.07, 6.45) is 2.59. The lowest BCUT2D eigenvalue weighted by Crippen LogP contribution is -2.22. The van der Waals surface area contributed by atoms with E-state index in [1.54, 1.807) is 24.3 Å². The van der Waals surface area contributed by atoms with Crippen LogP contribution in [0.1, 0.15) is 46.9 Å². The third-order valence-electron chi connectivity index (χ3n) is 6.53. The van der Waals surface area contributed by atoms with Crippen molar-refractivity contribution in [3.05, 3.63) is 108 Å². The second-order valence-electron chi connectivity index (χ2n) is 10.5. The second-order valence-corrected chi connectivity index (χ2v) is 13.4. The number of anilines is 3. The number of aromatic nitrogens is 3. The average Bonchev–Trinajstić information content (AvgIpc) is 2.97. The van der Waals surface area contributed by atoms with E-state index in [1.807, 2.05) is 61.5 Å². The molecule has 11 heteroatoms. The van der Waals surface area contributed by atoms with Crippen molar-refractivity contribution in [2.75, 3.05) is 16.3 Å². The number of benzene rings is 3. The van der Waals surface area contributed by atoms with Crippen LogP contribution in [0.3, 0.4) is 0 Å². The van der Waals surface area contributed by atoms with Gasteiger partial charge in [0.25, 0.3) is 5.91 Å². The molecule has 3 aromatic carbocycles. The van der Waals surface area contributed by atoms with Gasteiger partial charge < -0.3 is 10.6 Å². The van der Waals surface area contributed by atoms with E-state index in [-0.39, 0.29) is 11.8 Å². The number of pyridine rings is 1. The summed E-state index contributed by atoms with van der Waals surface area (Å²) in [7, 11) is -3.38. The molecule has 5 aromatic rings. The van der Waals surface area contributed by atoms with E-state index >= 15 is 0 Å². The van der Waals surface area contributed by atoms with Gasteiger partial charge in [0.1, 0.15) is 12.1 Å². The Hall–Kier alpha value is -4.48. The monoisotopic (exact) mass is 612 g/mol. The van der Waals surface area contributed by atoms with Crippen molar-refractivity contribution in [1.82, 2.24) is 20.3 Å². The Balaban J connectivity index is 1.46. The molecule has 9 nitrogen and oxygen atoms in total. The molecule has 2 aromatic heterocycles. The van der Waals surface area contributed by atoms with E-state index in [9.17, 15) is 13.2 Å². The van der Waals surface area contributed by atoms with E-state index in [0.29, 0.717) is 34.9 Å². The highest BCUT2D eigenvalue weighted by molar-refractivity contribution is 7.99. The zero-order valence-corrected chi connectivity index (χ0v) is 25.9. The lowest BCUT2D eigenvalue weighted by molar-refractivity contribution is 0.0951. The highest BCUT2D eigenvalue weighted by atomic mass is 32.2. The molecule has 0 fully saturated rings. The Labute approximate surface area is 255 Å². The van der Waals surface area contributed by atoms with Crippen molar-refractivity contribution in [3.8, 4) is 0 Å². The van der Waals surface area contributed by atoms with Crippen LogP contribution in [0.2, 0.25) is 0 Å². The number of carbonyl (C=O) groups is 1. The fourth-order valence-corrected chi connectivity index (χ4v) is 5.85. The summed E-state index contributed by atoms with van der Waals surface area (Å²) < 4.78 is 25.7. The van der Waals surface area contributed by atoms with Crippen LogP contribution in [-0.2, 0) is 16.6 Å². The van der Waals surface area contributed by atoms with Crippen molar-refractivity contribution in [2.45, 2.75) is 43.0 Å². The van der Waals surface area contributed by atoms with Gasteiger partial charge in [-0.1, -0.05) is 55.4 Å². The quantitative estimate of drug-likeness (QED) is 0.160. The largest absolute Gasteiger partial charge is 0.348 e. The maximum atomic E-state index is 13.2. The number of nitrogens with zero attached hydrogens (tertiary/aromatic N) is 3. The summed E-state index contributed by atoms with van der Waals surface area (Å²) in [4.78, 5) is 28.5. The molecule has 0 atom stereocenters. The zero-order valence-electron chi connectivity index (χ0n) is 24.3. The van der Waals surface area contributed by atoms with Gasteiger partial charge in [-0.3, -0.25) is 9.52 Å². The first-order chi connectivity index (χ1) is 20.5. The molecule has 0 saturated carbocycles. The summed E-state index contributed by atoms with van der Waals surface area (Å²) in [5.41, 5.74) is 5.32. The van der Waals surface area contributed by atoms with Gasteiger partial charge in [0.2, 0.25) is 10.0 Å². The molecule has 0 bridgehead atoms. The van der Waals surface area contributed by atoms with Gasteiger partial charge in [0, 0.05) is 33.3 Å². The maximum Gasteiger partial charge on any atom is 0.251 e. The number of fused-ring (bicyclic) bond motifs is 1. The smallest absolute Gasteiger partial charge is 0.251 e. The Morgan fingerprint density at radius 2 is 1.74 bits per heavy atom. The number of amides is 1. The van der Waals surface area contributed by atoms with Gasteiger partial charge in [0.15, 0.2) is 5.65 Å². The third kappa shape index (κ3) is 7.88. The van der Waals surface area contributed by atoms with Crippen LogP contribution in [0.15, 0.2) is 95.0 Å². The van der Waals surface area contributed by atoms with Gasteiger partial charge in [0.05, 0.1) is 17.3 Å². The van der Waals surface area contributed by atoms with Gasteiger partial charge in [-0.15, -0.1) is 0 Å². The van der Waals surface area contributed by atoms with Crippen LogP contribution >= 0.6 is 11.8 Å². The van der Waals surface area contributed by atoms with E-state index in [4.69, 9.17) is 4.98 Å². The molecule has 3 N–H and O–H groups in total. The molecule has 0 aliphatic heterocycles. The Kier molecular flexibility index (Phi) is 8.93. The third-order valence-corrected chi connectivity index (χ3v) is 8.22. The molecule has 0 aliphatic rings. The molecule has 0 aliphatic carbocycles. The summed E-state index contributed by atoms with van der Waals surface area (Å²) in [6, 6.07) is 24.5. The average molecular weight is 613 g/mol. The number of carbonyl (C=O) groups excluding carboxylic acids is 1. The molecular weight excluding hydrogens is 581 g/mol. The minimum absolute atomic E-state index is 0.201. The van der Waals surface area contributed by atoms with Crippen molar-refractivity contribution >= 4 is 55.9 Å². The van der Waals surface area contributed by atoms with Gasteiger partial charge in [-0.2, -0.15) is 0 Å². The van der Waals surface area contributed by atoms with Crippen LogP contribution in [0, 0.1) is 6.92 Å². The predicted molar refractivity (Wildman–Crippen MR) is 173 cm³/mol. The highest BCUT2D eigenvalue weighted by Crippen LogP contribution is 2.37. The molecule has 5 rings (SSSR count). The number of nitrogens with one attached hydrogen (secondary N) is 3. The van der Waals surface area contributed by atoms with Crippen molar-refractivity contribution in [2.24, 2.45) is 0 Å². The second kappa shape index (κ2) is 12.8. The summed E-state index contributed by atoms with van der Waals surface area (Å²) in [5, 5.41) is 7.19. The van der Waals surface area contributed by atoms with E-state index in [2.05, 4.69) is 39.2 Å². The minimum Gasteiger partial charge on any atom is -0.348 e. The Morgan fingerprint density at radius 1 is 0.953 bits per heavy atom. The Bertz CT molecular complexity index is 1890. The van der Waals surface area contributed by atoms with Crippen LogP contribution in [0.25, 0.3) is 11.0 Å². The van der Waals surface area contributed by atoms with E-state index in [0.717, 1.165) is 38.3 Å². The number of hydrogen-bond acceptors (Lipinski definition) is 8. The molecule has 0 radical (unpaired) electrons. The van der Waals surface area contributed by atoms with Gasteiger partial charge in [-0.05, 0) is 73.0 Å². The predicted octanol–water partition coefficient (Wildman–Crippen LogP) is 6.65. The number of rotatable bonds is 10. The van der Waals surface area contributed by atoms with Crippen LogP contribution in [-0.4, -0.2) is 35.5 Å². The number of aryl methyl sites for hydroxylation is 1. The van der Waals surface area contributed by atoms with Crippen LogP contribution in [0.5, 0.6) is 0 Å². The standard InChI is InChI=1S/C32H32N6O3S2/c1-20(2)27-14-13-26-30(36-27)34-19-35-31(26)37-28-17-23(32(39)33-18-22-7-5-6-21(3)16-22)8-15-29(28)42-25-11-9-24(10-12-25)38-43(4,40)41/h5-17,19-20,38H,18H2,1-4H3,(H,33,39)(H,34,35,36,37). The molecule has 0 spiro atoms. The highest BCUT2D eigenvalue weighted by Gasteiger charge is 2.15. The summed E-state index contributed by atoms with van der Waals surface area (Å²) >= 11 is 1.47. The zero-order chi connectivity index (χ0) is 30.6. The first kappa shape index (κ1) is 30.0. The number of hydrogen-bond donors (Lipinski definition) is 3. The first-order valence-electron chi connectivity index (χ1n) is 13.7. The Morgan fingerprint density at radius 3 is 2.47 bits per heavy atom. The summed E-state index contributed by atoms with van der Waals surface area (Å²) in [6.45, 7) is 6.59. The van der Waals surface area contributed by atoms with Crippen LogP contribution in [0.4, 0.5) is 17.2 Å². The summed E-state index contributed by atoms with van der Waals surface area (Å²) in [5.74, 6) is 0.626. The number of sulfonamides is 1. The fourth-order valence-electron chi connectivity index (χ4n) is 4.40. The fraction of sp³-hybridized carbons (Fsp3) is 0.188. The molecule has 2 heterocycles. The molecule has 0 unspecified atom stereocenters. The maximum absolute atomic E-state index is 13.2. The molecule has 220 valence electrons. The minimum atomic E-state index is -3.38. The first-order valence-corrected chi connectivity index (χ1v) is 16.4. The lowest BCUT2D eigenvalue weighted by atomic mass is 10.1. The van der Waals surface area contributed by atoms with Gasteiger partial charge in [-0.25, -0.2) is 23.4 Å². The molecule has 0 saturated heterocycles. The van der Waals surface area contributed by atoms with Crippen molar-refractivity contribution in [3.63, 3.8) is 0 Å². The van der Waals surface area contributed by atoms with Gasteiger partial charge >= 0.3 is 0 Å². The molecular formula is C32H32N6O3S2. The van der Waals surface area contributed by atoms with E-state index in [1.165, 1.54) is 18.1 Å². The van der Waals surface area contributed by atoms with Crippen LogP contribution < -0.4 is 15.4 Å². The van der Waals surface area contributed by atoms with E-state index < -0.39 is 10.0 Å². The normalized spacial score (nSPS) is 11.5. The SMILES string of the molecule is Cc1cccc(CNC(=O)c2ccc(Sc3ccc(NS(C)(=O)=O)cc3)c(Nc3ncnc4nc(C(C)C)ccc34)c2)c1. The van der Waals surface area contributed by atoms with Crippen molar-refractivity contribution in [1.29, 1.82) is 0 Å². The molecule has 1 amide bonds. The molecule has 43 heavy (non-hydrogen) atoms. The lowest BCUT2D eigenvalue weighted by Gasteiger charge is -2.15.